The molecule has 0 radical (unpaired) electrons. The topological polar surface area (TPSA) is 12.0 Å². The van der Waals surface area contributed by atoms with Gasteiger partial charge in [0.15, 0.2) is 7.28 Å². The van der Waals surface area contributed by atoms with Crippen LogP contribution in [-0.2, 0) is 17.3 Å². The lowest BCUT2D eigenvalue weighted by molar-refractivity contribution is 0.521. The molecule has 1 nitrogen and oxygen atoms in total. The van der Waals surface area contributed by atoms with Gasteiger partial charge >= 0.3 is 0 Å². The molecule has 9 rings (SSSR count). The van der Waals surface area contributed by atoms with Gasteiger partial charge in [-0.05, 0) is 93.2 Å². The van der Waals surface area contributed by atoms with Crippen molar-refractivity contribution < 1.29 is 0 Å². The van der Waals surface area contributed by atoms with Crippen molar-refractivity contribution >= 4 is 29.6 Å². The maximum atomic E-state index is 3.91. The van der Waals surface area contributed by atoms with Crippen LogP contribution in [0.1, 0.15) is 78.1 Å². The van der Waals surface area contributed by atoms with Crippen LogP contribution in [0.3, 0.4) is 0 Å². The normalized spacial score (nSPS) is 17.3. The third-order valence-electron chi connectivity index (χ3n) is 11.6. The van der Waals surface area contributed by atoms with Crippen molar-refractivity contribution in [1.29, 1.82) is 0 Å². The Morgan fingerprint density at radius 2 is 1.26 bits per heavy atom. The molecule has 0 aromatic heterocycles. The van der Waals surface area contributed by atoms with E-state index in [0.29, 0.717) is 5.92 Å². The Morgan fingerprint density at radius 1 is 0.596 bits per heavy atom. The number of anilines is 2. The number of hydrogen-bond acceptors (Lipinski definition) is 1. The Hall–Kier alpha value is -4.82. The van der Waals surface area contributed by atoms with Crippen LogP contribution in [0.15, 0.2) is 121 Å². The molecule has 1 heterocycles. The van der Waals surface area contributed by atoms with Gasteiger partial charge in [-0.3, -0.25) is 0 Å². The summed E-state index contributed by atoms with van der Waals surface area (Å²) in [5, 5.41) is 3.91. The first-order chi connectivity index (χ1) is 22.7. The summed E-state index contributed by atoms with van der Waals surface area (Å²) < 4.78 is 0. The average Bonchev–Trinajstić information content (AvgIpc) is 3.08. The van der Waals surface area contributed by atoms with Gasteiger partial charge in [-0.1, -0.05) is 141 Å². The molecule has 3 aliphatic rings. The number of fused-ring (bicyclic) bond motifs is 6. The summed E-state index contributed by atoms with van der Waals surface area (Å²) in [5.41, 5.74) is 22.0. The minimum Gasteiger partial charge on any atom is -0.355 e. The molecule has 0 bridgehead atoms. The number of aryl methyl sites for hydroxylation is 1. The summed E-state index contributed by atoms with van der Waals surface area (Å²) in [6.45, 7) is 11.9. The van der Waals surface area contributed by atoms with Crippen molar-refractivity contribution in [2.45, 2.75) is 57.8 Å². The van der Waals surface area contributed by atoms with Gasteiger partial charge in [0.1, 0.15) is 0 Å². The first-order valence-electron chi connectivity index (χ1n) is 17.2. The molecule has 0 amide bonds. The second-order valence-electron chi connectivity index (χ2n) is 15.1. The average molecular weight is 606 g/mol. The predicted molar refractivity (Wildman–Crippen MR) is 201 cm³/mol. The minimum atomic E-state index is -0.125. The molecule has 1 aliphatic heterocycles. The lowest BCUT2D eigenvalue weighted by Crippen LogP contribution is -2.42. The molecule has 1 N–H and O–H groups in total. The van der Waals surface area contributed by atoms with Crippen LogP contribution in [-0.4, -0.2) is 7.28 Å². The fourth-order valence-electron chi connectivity index (χ4n) is 9.25. The monoisotopic (exact) mass is 605 g/mol. The van der Waals surface area contributed by atoms with E-state index in [-0.39, 0.29) is 10.8 Å². The van der Waals surface area contributed by atoms with Crippen LogP contribution < -0.4 is 16.2 Å². The van der Waals surface area contributed by atoms with Gasteiger partial charge < -0.3 is 5.32 Å². The number of hydrogen-bond donors (Lipinski definition) is 1. The van der Waals surface area contributed by atoms with Crippen LogP contribution >= 0.6 is 0 Å². The van der Waals surface area contributed by atoms with Crippen LogP contribution in [0.5, 0.6) is 0 Å². The second-order valence-corrected chi connectivity index (χ2v) is 15.1. The summed E-state index contributed by atoms with van der Waals surface area (Å²) in [5.74, 6) is 0.365. The summed E-state index contributed by atoms with van der Waals surface area (Å²) in [4.78, 5) is 0. The molecular formula is C45H40BN. The number of rotatable bonds is 3. The maximum absolute atomic E-state index is 3.91. The maximum Gasteiger partial charge on any atom is 0.193 e. The lowest BCUT2D eigenvalue weighted by atomic mass is 9.50. The third-order valence-corrected chi connectivity index (χ3v) is 11.6. The lowest BCUT2D eigenvalue weighted by Gasteiger charge is -2.44. The molecule has 0 saturated carbocycles. The summed E-state index contributed by atoms with van der Waals surface area (Å²) in [7, 11) is 0.951. The van der Waals surface area contributed by atoms with E-state index in [0.717, 1.165) is 19.4 Å². The van der Waals surface area contributed by atoms with E-state index in [1.165, 1.54) is 77.8 Å². The third kappa shape index (κ3) is 4.17. The summed E-state index contributed by atoms with van der Waals surface area (Å²) in [6.07, 6.45) is 1.05. The molecule has 6 aromatic carbocycles. The van der Waals surface area contributed by atoms with E-state index in [2.05, 4.69) is 161 Å². The first kappa shape index (κ1) is 28.4. The molecule has 228 valence electrons. The number of benzene rings is 6. The SMILES string of the molecule is Cc1cc(-c2cc3c(cc2Nc2ccccc2)C(C)(C)c2ccccc2C3(C)C)c2c(c1)C1Cc3ccccc3-c3cccc(c31)B2. The van der Waals surface area contributed by atoms with Crippen LogP contribution in [0, 0.1) is 6.92 Å². The quantitative estimate of drug-likeness (QED) is 0.198. The first-order valence-corrected chi connectivity index (χ1v) is 17.2. The molecule has 2 heteroatoms. The zero-order valence-electron chi connectivity index (χ0n) is 28.0. The van der Waals surface area contributed by atoms with Gasteiger partial charge in [0.25, 0.3) is 0 Å². The molecule has 1 atom stereocenters. The van der Waals surface area contributed by atoms with Crippen LogP contribution in [0.25, 0.3) is 22.3 Å². The van der Waals surface area contributed by atoms with Gasteiger partial charge in [0.2, 0.25) is 0 Å². The van der Waals surface area contributed by atoms with Crippen LogP contribution in [0.2, 0.25) is 0 Å². The highest BCUT2D eigenvalue weighted by Crippen LogP contribution is 2.52. The van der Waals surface area contributed by atoms with Crippen LogP contribution in [0.4, 0.5) is 11.4 Å². The predicted octanol–water partition coefficient (Wildman–Crippen LogP) is 9.43. The van der Waals surface area contributed by atoms with E-state index in [1.807, 2.05) is 0 Å². The fourth-order valence-corrected chi connectivity index (χ4v) is 9.25. The van der Waals surface area contributed by atoms with E-state index < -0.39 is 0 Å². The highest BCUT2D eigenvalue weighted by atomic mass is 14.9. The van der Waals surface area contributed by atoms with E-state index >= 15 is 0 Å². The summed E-state index contributed by atoms with van der Waals surface area (Å²) >= 11 is 0. The number of nitrogens with one attached hydrogen (secondary N) is 1. The van der Waals surface area contributed by atoms with Gasteiger partial charge in [-0.15, -0.1) is 0 Å². The zero-order valence-corrected chi connectivity index (χ0v) is 28.0. The van der Waals surface area contributed by atoms with E-state index in [9.17, 15) is 0 Å². The van der Waals surface area contributed by atoms with Gasteiger partial charge in [0.05, 0.1) is 0 Å². The van der Waals surface area contributed by atoms with Crippen molar-refractivity contribution in [2.75, 3.05) is 5.32 Å². The summed E-state index contributed by atoms with van der Waals surface area (Å²) in [6, 6.07) is 45.8. The highest BCUT2D eigenvalue weighted by Gasteiger charge is 2.42. The Labute approximate surface area is 280 Å². The van der Waals surface area contributed by atoms with Gasteiger partial charge in [-0.25, -0.2) is 0 Å². The number of para-hydroxylation sites is 1. The molecule has 0 spiro atoms. The molecule has 6 aromatic rings. The van der Waals surface area contributed by atoms with Gasteiger partial charge in [-0.2, -0.15) is 0 Å². The Morgan fingerprint density at radius 3 is 2.02 bits per heavy atom. The van der Waals surface area contributed by atoms with Crippen molar-refractivity contribution in [3.05, 3.63) is 166 Å². The smallest absolute Gasteiger partial charge is 0.193 e. The van der Waals surface area contributed by atoms with Crippen molar-refractivity contribution in [2.24, 2.45) is 0 Å². The Kier molecular flexibility index (Phi) is 6.10. The van der Waals surface area contributed by atoms with E-state index in [4.69, 9.17) is 0 Å². The highest BCUT2D eigenvalue weighted by molar-refractivity contribution is 6.70. The second kappa shape index (κ2) is 10.1. The molecular weight excluding hydrogens is 565 g/mol. The Balaban J connectivity index is 1.30. The van der Waals surface area contributed by atoms with Crippen molar-refractivity contribution in [3.8, 4) is 22.3 Å². The van der Waals surface area contributed by atoms with Crippen molar-refractivity contribution in [1.82, 2.24) is 0 Å². The standard InChI is InChI=1S/C45H40BN/c1-27-22-34(43-35(23-27)33-24-28-14-9-10-17-30(28)31-18-13-21-40(46-43)42(31)33)32-25-38-39(26-41(32)47-29-15-7-6-8-16-29)45(4,5)37-20-12-11-19-36(37)44(38,2)3/h6-23,25-26,33,46-47H,24H2,1-5H3. The molecule has 0 saturated heterocycles. The molecule has 47 heavy (non-hydrogen) atoms. The molecule has 0 fully saturated rings. The minimum absolute atomic E-state index is 0.121. The molecule has 1 unspecified atom stereocenters. The zero-order chi connectivity index (χ0) is 32.1. The van der Waals surface area contributed by atoms with Crippen molar-refractivity contribution in [3.63, 3.8) is 0 Å². The molecule has 2 aliphatic carbocycles. The fraction of sp³-hybridized carbons (Fsp3) is 0.200. The van der Waals surface area contributed by atoms with Gasteiger partial charge in [0, 0.05) is 33.7 Å². The Bertz CT molecular complexity index is 2240. The van der Waals surface area contributed by atoms with E-state index in [1.54, 1.807) is 5.56 Å². The largest absolute Gasteiger partial charge is 0.355 e.